The summed E-state index contributed by atoms with van der Waals surface area (Å²) >= 11 is 3.35. The summed E-state index contributed by atoms with van der Waals surface area (Å²) in [7, 11) is 0. The zero-order valence-electron chi connectivity index (χ0n) is 16.0. The summed E-state index contributed by atoms with van der Waals surface area (Å²) in [5.74, 6) is -0.513. The second kappa shape index (κ2) is 7.98. The molecular formula is C20H22BrN5O3. The van der Waals surface area contributed by atoms with E-state index in [1.165, 1.54) is 0 Å². The van der Waals surface area contributed by atoms with Gasteiger partial charge in [-0.25, -0.2) is 0 Å². The van der Waals surface area contributed by atoms with Crippen LogP contribution in [-0.2, 0) is 9.59 Å². The van der Waals surface area contributed by atoms with Gasteiger partial charge in [0.25, 0.3) is 5.56 Å². The molecule has 0 bridgehead atoms. The number of nitrogens with one attached hydrogen (secondary N) is 3. The number of hydrogen-bond donors (Lipinski definition) is 3. The van der Waals surface area contributed by atoms with Crippen LogP contribution in [0.25, 0.3) is 0 Å². The number of carbonyl (C=O) groups is 2. The predicted molar refractivity (Wildman–Crippen MR) is 114 cm³/mol. The first kappa shape index (κ1) is 19.6. The Balaban J connectivity index is 1.63. The monoisotopic (exact) mass is 459 g/mol. The van der Waals surface area contributed by atoms with Gasteiger partial charge in [0.15, 0.2) is 0 Å². The topological polar surface area (TPSA) is 107 Å². The van der Waals surface area contributed by atoms with Gasteiger partial charge in [-0.3, -0.25) is 19.4 Å². The number of carbonyl (C=O) groups excluding carboxylic acids is 2. The van der Waals surface area contributed by atoms with Gasteiger partial charge < -0.3 is 15.5 Å². The Hall–Kier alpha value is -2.68. The Kier molecular flexibility index (Phi) is 5.40. The Morgan fingerprint density at radius 3 is 2.76 bits per heavy atom. The first-order valence-electron chi connectivity index (χ1n) is 9.66. The number of piperidine rings is 1. The van der Waals surface area contributed by atoms with Crippen molar-refractivity contribution < 1.29 is 9.59 Å². The summed E-state index contributed by atoms with van der Waals surface area (Å²) in [6.45, 7) is 3.75. The highest BCUT2D eigenvalue weighted by molar-refractivity contribution is 9.10. The van der Waals surface area contributed by atoms with E-state index in [1.54, 1.807) is 24.3 Å². The van der Waals surface area contributed by atoms with E-state index in [9.17, 15) is 14.4 Å². The van der Waals surface area contributed by atoms with Crippen molar-refractivity contribution in [1.29, 1.82) is 0 Å². The van der Waals surface area contributed by atoms with Crippen molar-refractivity contribution >= 4 is 45.2 Å². The molecule has 2 atom stereocenters. The number of benzene rings is 1. The van der Waals surface area contributed by atoms with Crippen LogP contribution in [0, 0.1) is 5.92 Å². The average Bonchev–Trinajstić information content (AvgIpc) is 2.68. The molecule has 2 unspecified atom stereocenters. The van der Waals surface area contributed by atoms with Gasteiger partial charge in [-0.2, -0.15) is 4.98 Å². The maximum Gasteiger partial charge on any atom is 0.258 e. The largest absolute Gasteiger partial charge is 0.342 e. The van der Waals surface area contributed by atoms with Crippen LogP contribution < -0.4 is 21.1 Å². The Bertz CT molecular complexity index is 1000. The second-order valence-corrected chi connectivity index (χ2v) is 8.56. The molecule has 9 heteroatoms. The van der Waals surface area contributed by atoms with Crippen LogP contribution in [0.2, 0.25) is 0 Å². The molecule has 0 aliphatic carbocycles. The fraction of sp³-hybridized carbons (Fsp3) is 0.400. The molecule has 2 aliphatic rings. The molecule has 1 fully saturated rings. The van der Waals surface area contributed by atoms with E-state index in [-0.39, 0.29) is 29.3 Å². The predicted octanol–water partition coefficient (Wildman–Crippen LogP) is 2.83. The lowest BCUT2D eigenvalue weighted by molar-refractivity contribution is -0.123. The first-order valence-corrected chi connectivity index (χ1v) is 10.5. The van der Waals surface area contributed by atoms with Crippen molar-refractivity contribution in [3.63, 3.8) is 0 Å². The van der Waals surface area contributed by atoms with E-state index >= 15 is 0 Å². The van der Waals surface area contributed by atoms with Crippen molar-refractivity contribution in [3.8, 4) is 0 Å². The molecule has 1 aromatic heterocycles. The summed E-state index contributed by atoms with van der Waals surface area (Å²) in [4.78, 5) is 47.3. The highest BCUT2D eigenvalue weighted by Gasteiger charge is 2.35. The van der Waals surface area contributed by atoms with Gasteiger partial charge in [-0.1, -0.05) is 22.9 Å². The van der Waals surface area contributed by atoms with E-state index in [0.717, 1.165) is 30.4 Å². The van der Waals surface area contributed by atoms with Crippen molar-refractivity contribution in [1.82, 2.24) is 9.97 Å². The van der Waals surface area contributed by atoms with E-state index in [0.29, 0.717) is 17.6 Å². The molecular weight excluding hydrogens is 438 g/mol. The lowest BCUT2D eigenvalue weighted by atomic mass is 9.92. The molecule has 152 valence electrons. The van der Waals surface area contributed by atoms with Gasteiger partial charge in [-0.05, 0) is 43.0 Å². The van der Waals surface area contributed by atoms with Crippen molar-refractivity contribution in [2.24, 2.45) is 5.92 Å². The van der Waals surface area contributed by atoms with Crippen LogP contribution in [0.15, 0.2) is 33.5 Å². The zero-order chi connectivity index (χ0) is 20.5. The molecule has 2 aromatic rings. The minimum atomic E-state index is -0.895. The molecule has 3 N–H and O–H groups in total. The number of halogens is 1. The second-order valence-electron chi connectivity index (χ2n) is 7.65. The summed E-state index contributed by atoms with van der Waals surface area (Å²) in [5, 5.41) is 5.45. The average molecular weight is 460 g/mol. The van der Waals surface area contributed by atoms with Gasteiger partial charge in [0.2, 0.25) is 17.8 Å². The van der Waals surface area contributed by atoms with Crippen LogP contribution in [0.5, 0.6) is 0 Å². The number of aromatic nitrogens is 2. The standard InChI is InChI=1S/C20H22BrN5O3/c1-11-3-2-8-26(10-11)20-24-17-16(19(29)25-20)14(9-15(27)23-17)18(28)22-13-6-4-12(21)5-7-13/h4-7,11,14H,2-3,8-10H2,1H3,(H,22,28)(H2,23,24,25,27,29). The van der Waals surface area contributed by atoms with Crippen LogP contribution in [-0.4, -0.2) is 34.9 Å². The van der Waals surface area contributed by atoms with E-state index in [1.807, 2.05) is 4.90 Å². The normalized spacial score (nSPS) is 21.3. The summed E-state index contributed by atoms with van der Waals surface area (Å²) in [6.07, 6.45) is 2.06. The number of anilines is 3. The fourth-order valence-corrected chi connectivity index (χ4v) is 4.14. The van der Waals surface area contributed by atoms with E-state index in [4.69, 9.17) is 0 Å². The molecule has 2 aliphatic heterocycles. The van der Waals surface area contributed by atoms with Crippen LogP contribution in [0.4, 0.5) is 17.5 Å². The Morgan fingerprint density at radius 2 is 2.03 bits per heavy atom. The zero-order valence-corrected chi connectivity index (χ0v) is 17.6. The molecule has 0 radical (unpaired) electrons. The molecule has 8 nitrogen and oxygen atoms in total. The summed E-state index contributed by atoms with van der Waals surface area (Å²) < 4.78 is 0.887. The summed E-state index contributed by atoms with van der Waals surface area (Å²) in [6, 6.07) is 7.10. The van der Waals surface area contributed by atoms with Crippen LogP contribution >= 0.6 is 15.9 Å². The highest BCUT2D eigenvalue weighted by Crippen LogP contribution is 2.31. The van der Waals surface area contributed by atoms with Crippen molar-refractivity contribution in [2.45, 2.75) is 32.1 Å². The van der Waals surface area contributed by atoms with Crippen molar-refractivity contribution in [2.75, 3.05) is 28.6 Å². The smallest absolute Gasteiger partial charge is 0.258 e. The van der Waals surface area contributed by atoms with Gasteiger partial charge in [0.05, 0.1) is 11.5 Å². The fourth-order valence-electron chi connectivity index (χ4n) is 3.88. The Morgan fingerprint density at radius 1 is 1.28 bits per heavy atom. The molecule has 4 rings (SSSR count). The number of hydrogen-bond acceptors (Lipinski definition) is 5. The SMILES string of the molecule is CC1CCCN(c2nc3c(c(=O)[nH]2)C(C(=O)Nc2ccc(Br)cc2)CC(=O)N3)C1. The van der Waals surface area contributed by atoms with Crippen molar-refractivity contribution in [3.05, 3.63) is 44.7 Å². The molecule has 3 heterocycles. The lowest BCUT2D eigenvalue weighted by Gasteiger charge is -2.32. The van der Waals surface area contributed by atoms with Crippen LogP contribution in [0.3, 0.4) is 0 Å². The number of fused-ring (bicyclic) bond motifs is 1. The minimum absolute atomic E-state index is 0.0970. The number of rotatable bonds is 3. The van der Waals surface area contributed by atoms with Gasteiger partial charge in [0.1, 0.15) is 5.82 Å². The van der Waals surface area contributed by atoms with E-state index in [2.05, 4.69) is 43.5 Å². The Labute approximate surface area is 176 Å². The maximum atomic E-state index is 12.9. The molecule has 1 aromatic carbocycles. The van der Waals surface area contributed by atoms with Gasteiger partial charge in [0, 0.05) is 29.7 Å². The third kappa shape index (κ3) is 4.19. The third-order valence-corrected chi connectivity index (χ3v) is 5.85. The minimum Gasteiger partial charge on any atom is -0.342 e. The number of aromatic amines is 1. The molecule has 0 spiro atoms. The summed E-state index contributed by atoms with van der Waals surface area (Å²) in [5.41, 5.74) is 0.404. The van der Waals surface area contributed by atoms with E-state index < -0.39 is 11.8 Å². The number of nitrogens with zero attached hydrogens (tertiary/aromatic N) is 2. The number of amides is 2. The van der Waals surface area contributed by atoms with Gasteiger partial charge >= 0.3 is 0 Å². The lowest BCUT2D eigenvalue weighted by Crippen LogP contribution is -2.40. The molecule has 0 saturated carbocycles. The van der Waals surface area contributed by atoms with Gasteiger partial charge in [-0.15, -0.1) is 0 Å². The first-order chi connectivity index (χ1) is 13.9. The quantitative estimate of drug-likeness (QED) is 0.653. The molecule has 2 amide bonds. The molecule has 29 heavy (non-hydrogen) atoms. The van der Waals surface area contributed by atoms with Crippen LogP contribution in [0.1, 0.15) is 37.7 Å². The molecule has 1 saturated heterocycles. The highest BCUT2D eigenvalue weighted by atomic mass is 79.9. The number of H-pyrrole nitrogens is 1. The third-order valence-electron chi connectivity index (χ3n) is 5.32. The maximum absolute atomic E-state index is 12.9.